The number of hydrogen-bond donors (Lipinski definition) is 0. The van der Waals surface area contributed by atoms with Crippen LogP contribution in [0.3, 0.4) is 0 Å². The molecular weight excluding hydrogens is 316 g/mol. The third-order valence-electron chi connectivity index (χ3n) is 2.40. The molecular formula is C12H15BrN2O2S. The molecule has 0 aromatic heterocycles. The first-order valence-corrected chi connectivity index (χ1v) is 7.89. The van der Waals surface area contributed by atoms with E-state index in [0.29, 0.717) is 11.0 Å². The molecule has 1 rings (SSSR count). The highest BCUT2D eigenvalue weighted by Crippen LogP contribution is 2.24. The Hall–Kier alpha value is -0.900. The average molecular weight is 331 g/mol. The number of hydrogen-bond acceptors (Lipinski definition) is 3. The van der Waals surface area contributed by atoms with Gasteiger partial charge >= 0.3 is 0 Å². The molecule has 0 saturated carbocycles. The molecule has 0 aliphatic heterocycles. The van der Waals surface area contributed by atoms with E-state index >= 15 is 0 Å². The maximum absolute atomic E-state index is 12.4. The number of halogens is 1. The third-order valence-corrected chi connectivity index (χ3v) is 5.31. The van der Waals surface area contributed by atoms with Gasteiger partial charge in [-0.05, 0) is 34.5 Å². The Kier molecular flexibility index (Phi) is 5.79. The fourth-order valence-electron chi connectivity index (χ4n) is 1.57. The molecule has 0 radical (unpaired) electrons. The molecule has 0 amide bonds. The molecule has 1 aromatic carbocycles. The van der Waals surface area contributed by atoms with Crippen LogP contribution in [0.25, 0.3) is 0 Å². The van der Waals surface area contributed by atoms with Crippen LogP contribution in [0.1, 0.15) is 19.8 Å². The van der Waals surface area contributed by atoms with Crippen molar-refractivity contribution in [3.63, 3.8) is 0 Å². The average Bonchev–Trinajstić information content (AvgIpc) is 2.34. The molecule has 0 N–H and O–H groups in total. The largest absolute Gasteiger partial charge is 0.244 e. The Morgan fingerprint density at radius 2 is 2.00 bits per heavy atom. The van der Waals surface area contributed by atoms with Gasteiger partial charge < -0.3 is 0 Å². The smallest absolute Gasteiger partial charge is 0.207 e. The first-order chi connectivity index (χ1) is 8.54. The zero-order valence-corrected chi connectivity index (χ0v) is 12.5. The Bertz CT molecular complexity index is 537. The monoisotopic (exact) mass is 330 g/mol. The maximum atomic E-state index is 12.4. The summed E-state index contributed by atoms with van der Waals surface area (Å²) in [6.07, 6.45) is 0.915. The molecule has 98 valence electrons. The van der Waals surface area contributed by atoms with E-state index in [0.717, 1.165) is 6.42 Å². The van der Waals surface area contributed by atoms with Crippen molar-refractivity contribution in [1.82, 2.24) is 4.31 Å². The molecule has 18 heavy (non-hydrogen) atoms. The SMILES string of the molecule is CCCN(CCC#N)S(=O)(=O)c1ccccc1Br. The van der Waals surface area contributed by atoms with Gasteiger partial charge in [0.15, 0.2) is 0 Å². The Morgan fingerprint density at radius 3 is 2.56 bits per heavy atom. The normalized spacial score (nSPS) is 11.4. The van der Waals surface area contributed by atoms with Gasteiger partial charge in [-0.2, -0.15) is 9.57 Å². The van der Waals surface area contributed by atoms with Crippen LogP contribution < -0.4 is 0 Å². The van der Waals surface area contributed by atoms with Crippen LogP contribution in [0, 0.1) is 11.3 Å². The summed E-state index contributed by atoms with van der Waals surface area (Å²) in [4.78, 5) is 0.247. The molecule has 0 spiro atoms. The highest BCUT2D eigenvalue weighted by molar-refractivity contribution is 9.10. The van der Waals surface area contributed by atoms with Gasteiger partial charge in [0.25, 0.3) is 0 Å². The van der Waals surface area contributed by atoms with Crippen molar-refractivity contribution in [2.45, 2.75) is 24.7 Å². The van der Waals surface area contributed by atoms with E-state index in [2.05, 4.69) is 15.9 Å². The number of nitrogens with zero attached hydrogens (tertiary/aromatic N) is 2. The van der Waals surface area contributed by atoms with Crippen LogP contribution in [0.4, 0.5) is 0 Å². The fourth-order valence-corrected chi connectivity index (χ4v) is 4.07. The lowest BCUT2D eigenvalue weighted by atomic mass is 10.4. The van der Waals surface area contributed by atoms with E-state index < -0.39 is 10.0 Å². The summed E-state index contributed by atoms with van der Waals surface area (Å²) in [6, 6.07) is 8.69. The maximum Gasteiger partial charge on any atom is 0.244 e. The summed E-state index contributed by atoms with van der Waals surface area (Å²) in [5.41, 5.74) is 0. The van der Waals surface area contributed by atoms with E-state index in [1.165, 1.54) is 4.31 Å². The van der Waals surface area contributed by atoms with Gasteiger partial charge in [0, 0.05) is 24.0 Å². The van der Waals surface area contributed by atoms with E-state index in [4.69, 9.17) is 5.26 Å². The summed E-state index contributed by atoms with van der Waals surface area (Å²) in [5, 5.41) is 8.59. The zero-order valence-electron chi connectivity index (χ0n) is 10.1. The first-order valence-electron chi connectivity index (χ1n) is 5.65. The standard InChI is InChI=1S/C12H15BrN2O2S/c1-2-9-15(10-5-8-14)18(16,17)12-7-4-3-6-11(12)13/h3-4,6-7H,2,5,9-10H2,1H3. The second kappa shape index (κ2) is 6.88. The van der Waals surface area contributed by atoms with E-state index in [-0.39, 0.29) is 17.9 Å². The number of sulfonamides is 1. The van der Waals surface area contributed by atoms with Crippen molar-refractivity contribution in [3.8, 4) is 6.07 Å². The Morgan fingerprint density at radius 1 is 1.33 bits per heavy atom. The molecule has 1 aromatic rings. The fraction of sp³-hybridized carbons (Fsp3) is 0.417. The molecule has 0 aliphatic rings. The molecule has 0 atom stereocenters. The molecule has 4 nitrogen and oxygen atoms in total. The molecule has 0 heterocycles. The molecule has 0 unspecified atom stereocenters. The molecule has 0 aliphatic carbocycles. The van der Waals surface area contributed by atoms with Crippen molar-refractivity contribution in [2.24, 2.45) is 0 Å². The van der Waals surface area contributed by atoms with E-state index in [9.17, 15) is 8.42 Å². The summed E-state index contributed by atoms with van der Waals surface area (Å²) < 4.78 is 26.8. The van der Waals surface area contributed by atoms with Crippen LogP contribution in [0.2, 0.25) is 0 Å². The van der Waals surface area contributed by atoms with Crippen molar-refractivity contribution in [2.75, 3.05) is 13.1 Å². The van der Waals surface area contributed by atoms with Gasteiger partial charge in [0.05, 0.1) is 11.0 Å². The van der Waals surface area contributed by atoms with Crippen LogP contribution >= 0.6 is 15.9 Å². The van der Waals surface area contributed by atoms with Crippen molar-refractivity contribution >= 4 is 26.0 Å². The number of rotatable bonds is 6. The van der Waals surface area contributed by atoms with Crippen molar-refractivity contribution in [1.29, 1.82) is 5.26 Å². The molecule has 0 saturated heterocycles. The van der Waals surface area contributed by atoms with Gasteiger partial charge in [-0.25, -0.2) is 8.42 Å². The van der Waals surface area contributed by atoms with Crippen LogP contribution in [0.5, 0.6) is 0 Å². The zero-order chi connectivity index (χ0) is 13.6. The minimum absolute atomic E-state index is 0.198. The van der Waals surface area contributed by atoms with Gasteiger partial charge in [-0.3, -0.25) is 0 Å². The van der Waals surface area contributed by atoms with Crippen LogP contribution in [-0.2, 0) is 10.0 Å². The summed E-state index contributed by atoms with van der Waals surface area (Å²) in [6.45, 7) is 2.56. The molecule has 6 heteroatoms. The predicted molar refractivity (Wildman–Crippen MR) is 73.4 cm³/mol. The van der Waals surface area contributed by atoms with Gasteiger partial charge in [0.2, 0.25) is 10.0 Å². The van der Waals surface area contributed by atoms with E-state index in [1.807, 2.05) is 13.0 Å². The topological polar surface area (TPSA) is 61.2 Å². The summed E-state index contributed by atoms with van der Waals surface area (Å²) in [5.74, 6) is 0. The number of benzene rings is 1. The first kappa shape index (κ1) is 15.2. The second-order valence-corrected chi connectivity index (χ2v) is 6.50. The second-order valence-electron chi connectivity index (χ2n) is 3.74. The predicted octanol–water partition coefficient (Wildman–Crippen LogP) is 2.76. The minimum atomic E-state index is -3.53. The van der Waals surface area contributed by atoms with Crippen LogP contribution in [-0.4, -0.2) is 25.8 Å². The Labute approximate surface area is 116 Å². The lowest BCUT2D eigenvalue weighted by Gasteiger charge is -2.21. The van der Waals surface area contributed by atoms with Gasteiger partial charge in [-0.1, -0.05) is 19.1 Å². The Balaban J connectivity index is 3.10. The molecule has 0 fully saturated rings. The van der Waals surface area contributed by atoms with Crippen molar-refractivity contribution < 1.29 is 8.42 Å². The van der Waals surface area contributed by atoms with Crippen LogP contribution in [0.15, 0.2) is 33.6 Å². The lowest BCUT2D eigenvalue weighted by Crippen LogP contribution is -2.32. The van der Waals surface area contributed by atoms with Gasteiger partial charge in [-0.15, -0.1) is 0 Å². The minimum Gasteiger partial charge on any atom is -0.207 e. The number of nitriles is 1. The highest BCUT2D eigenvalue weighted by atomic mass is 79.9. The van der Waals surface area contributed by atoms with Crippen molar-refractivity contribution in [3.05, 3.63) is 28.7 Å². The quantitative estimate of drug-likeness (QED) is 0.805. The molecule has 0 bridgehead atoms. The third kappa shape index (κ3) is 3.55. The highest BCUT2D eigenvalue weighted by Gasteiger charge is 2.25. The van der Waals surface area contributed by atoms with Gasteiger partial charge in [0.1, 0.15) is 0 Å². The lowest BCUT2D eigenvalue weighted by molar-refractivity contribution is 0.417. The summed E-state index contributed by atoms with van der Waals surface area (Å²) in [7, 11) is -3.53. The summed E-state index contributed by atoms with van der Waals surface area (Å²) >= 11 is 3.25. The van der Waals surface area contributed by atoms with E-state index in [1.54, 1.807) is 24.3 Å².